The number of carbonyl (C=O) groups is 1. The van der Waals surface area contributed by atoms with Crippen LogP contribution in [0.5, 0.6) is 0 Å². The molecule has 0 aliphatic carbocycles. The Bertz CT molecular complexity index is 109. The minimum absolute atomic E-state index is 0.941. The lowest BCUT2D eigenvalue weighted by molar-refractivity contribution is 0.137. The second-order valence-corrected chi connectivity index (χ2v) is 1.59. The molecule has 0 aromatic rings. The number of rotatable bonds is 2. The van der Waals surface area contributed by atoms with Crippen LogP contribution in [0.25, 0.3) is 0 Å². The molecule has 0 amide bonds. The van der Waals surface area contributed by atoms with Crippen molar-refractivity contribution in [3.8, 4) is 12.3 Å². The SMILES string of the molecule is C#CCCCC.O=C(O)O. The number of carboxylic acid groups (broad SMARTS) is 2. The van der Waals surface area contributed by atoms with Crippen molar-refractivity contribution < 1.29 is 15.0 Å². The van der Waals surface area contributed by atoms with Gasteiger partial charge in [0.15, 0.2) is 0 Å². The predicted molar refractivity (Wildman–Crippen MR) is 39.0 cm³/mol. The topological polar surface area (TPSA) is 57.5 Å². The van der Waals surface area contributed by atoms with Crippen molar-refractivity contribution in [2.45, 2.75) is 26.2 Å². The van der Waals surface area contributed by atoms with Crippen LogP contribution in [-0.2, 0) is 0 Å². The molecule has 3 nitrogen and oxygen atoms in total. The zero-order valence-electron chi connectivity index (χ0n) is 6.00. The van der Waals surface area contributed by atoms with E-state index in [4.69, 9.17) is 21.4 Å². The van der Waals surface area contributed by atoms with Crippen LogP contribution >= 0.6 is 0 Å². The van der Waals surface area contributed by atoms with Gasteiger partial charge in [-0.2, -0.15) is 0 Å². The summed E-state index contributed by atoms with van der Waals surface area (Å²) < 4.78 is 0. The molecule has 0 saturated heterocycles. The Labute approximate surface area is 60.7 Å². The van der Waals surface area contributed by atoms with Crippen LogP contribution in [-0.4, -0.2) is 16.4 Å². The van der Waals surface area contributed by atoms with E-state index in [9.17, 15) is 0 Å². The highest BCUT2D eigenvalue weighted by molar-refractivity contribution is 5.53. The Kier molecular flexibility index (Phi) is 12.5. The first kappa shape index (κ1) is 11.6. The molecular weight excluding hydrogens is 132 g/mol. The molecule has 2 N–H and O–H groups in total. The first-order chi connectivity index (χ1) is 4.65. The fourth-order valence-corrected chi connectivity index (χ4v) is 0.279. The summed E-state index contributed by atoms with van der Waals surface area (Å²) in [5.74, 6) is 2.57. The van der Waals surface area contributed by atoms with Gasteiger partial charge >= 0.3 is 6.16 Å². The third-order valence-corrected chi connectivity index (χ3v) is 0.675. The summed E-state index contributed by atoms with van der Waals surface area (Å²) in [6.07, 6.45) is 6.46. The molecule has 0 atom stereocenters. The van der Waals surface area contributed by atoms with Gasteiger partial charge in [0, 0.05) is 6.42 Å². The van der Waals surface area contributed by atoms with E-state index in [0.717, 1.165) is 6.42 Å². The summed E-state index contributed by atoms with van der Waals surface area (Å²) in [6, 6.07) is 0. The summed E-state index contributed by atoms with van der Waals surface area (Å²) in [5, 5.41) is 13.9. The van der Waals surface area contributed by atoms with Crippen molar-refractivity contribution in [1.29, 1.82) is 0 Å². The first-order valence-corrected chi connectivity index (χ1v) is 3.00. The molecule has 0 aliphatic rings. The van der Waals surface area contributed by atoms with Crippen molar-refractivity contribution >= 4 is 6.16 Å². The largest absolute Gasteiger partial charge is 0.503 e. The van der Waals surface area contributed by atoms with Crippen LogP contribution < -0.4 is 0 Å². The van der Waals surface area contributed by atoms with Crippen LogP contribution in [0.3, 0.4) is 0 Å². The zero-order valence-corrected chi connectivity index (χ0v) is 6.00. The average molecular weight is 144 g/mol. The zero-order chi connectivity index (χ0) is 8.41. The highest BCUT2D eigenvalue weighted by Gasteiger charge is 1.71. The Hall–Kier alpha value is -1.17. The quantitative estimate of drug-likeness (QED) is 0.460. The fraction of sp³-hybridized carbons (Fsp3) is 0.571. The molecule has 0 fully saturated rings. The summed E-state index contributed by atoms with van der Waals surface area (Å²) >= 11 is 0. The molecule has 58 valence electrons. The average Bonchev–Trinajstić information content (AvgIpc) is 1.82. The molecule has 0 aromatic carbocycles. The van der Waals surface area contributed by atoms with Crippen molar-refractivity contribution in [2.24, 2.45) is 0 Å². The second kappa shape index (κ2) is 10.7. The minimum Gasteiger partial charge on any atom is -0.450 e. The third kappa shape index (κ3) is 69.3. The molecule has 0 rings (SSSR count). The van der Waals surface area contributed by atoms with Crippen LogP contribution in [0.4, 0.5) is 4.79 Å². The monoisotopic (exact) mass is 144 g/mol. The van der Waals surface area contributed by atoms with E-state index in [-0.39, 0.29) is 0 Å². The lowest BCUT2D eigenvalue weighted by atomic mass is 10.3. The fourth-order valence-electron chi connectivity index (χ4n) is 0.279. The maximum atomic E-state index is 8.56. The summed E-state index contributed by atoms with van der Waals surface area (Å²) in [6.45, 7) is 2.14. The van der Waals surface area contributed by atoms with Gasteiger partial charge in [0.05, 0.1) is 0 Å². The highest BCUT2D eigenvalue weighted by atomic mass is 16.6. The van der Waals surface area contributed by atoms with Gasteiger partial charge in [-0.1, -0.05) is 13.3 Å². The van der Waals surface area contributed by atoms with E-state index in [1.807, 2.05) is 0 Å². The Balaban J connectivity index is 0. The number of unbranched alkanes of at least 4 members (excludes halogenated alkanes) is 2. The van der Waals surface area contributed by atoms with Gasteiger partial charge < -0.3 is 10.2 Å². The van der Waals surface area contributed by atoms with Gasteiger partial charge in [-0.15, -0.1) is 12.3 Å². The molecule has 10 heavy (non-hydrogen) atoms. The Morgan fingerprint density at radius 2 is 2.00 bits per heavy atom. The highest BCUT2D eigenvalue weighted by Crippen LogP contribution is 1.88. The van der Waals surface area contributed by atoms with Gasteiger partial charge in [0.2, 0.25) is 0 Å². The van der Waals surface area contributed by atoms with Gasteiger partial charge in [-0.05, 0) is 6.42 Å². The van der Waals surface area contributed by atoms with Crippen LogP contribution in [0.15, 0.2) is 0 Å². The molecule has 0 unspecified atom stereocenters. The van der Waals surface area contributed by atoms with Gasteiger partial charge in [0.1, 0.15) is 0 Å². The molecule has 0 heterocycles. The molecule has 0 bridgehead atoms. The van der Waals surface area contributed by atoms with Crippen LogP contribution in [0.2, 0.25) is 0 Å². The Morgan fingerprint density at radius 1 is 1.60 bits per heavy atom. The van der Waals surface area contributed by atoms with Crippen molar-refractivity contribution in [3.05, 3.63) is 0 Å². The second-order valence-electron chi connectivity index (χ2n) is 1.59. The number of hydrogen-bond acceptors (Lipinski definition) is 1. The third-order valence-electron chi connectivity index (χ3n) is 0.675. The van der Waals surface area contributed by atoms with E-state index in [2.05, 4.69) is 12.8 Å². The molecule has 0 aromatic heterocycles. The van der Waals surface area contributed by atoms with Crippen LogP contribution in [0.1, 0.15) is 26.2 Å². The molecule has 0 spiro atoms. The lowest BCUT2D eigenvalue weighted by Gasteiger charge is -1.79. The van der Waals surface area contributed by atoms with E-state index >= 15 is 0 Å². The standard InChI is InChI=1S/C6H10.CH2O3/c1-3-5-6-4-2;2-1(3)4/h1H,4-6H2,2H3;(H2,2,3,4). The van der Waals surface area contributed by atoms with Gasteiger partial charge in [0.25, 0.3) is 0 Å². The number of hydrogen-bond donors (Lipinski definition) is 2. The van der Waals surface area contributed by atoms with Crippen LogP contribution in [0, 0.1) is 12.3 Å². The normalized spacial score (nSPS) is 6.80. The van der Waals surface area contributed by atoms with Gasteiger partial charge in [-0.25, -0.2) is 4.79 Å². The van der Waals surface area contributed by atoms with Crippen molar-refractivity contribution in [1.82, 2.24) is 0 Å². The van der Waals surface area contributed by atoms with E-state index in [1.54, 1.807) is 0 Å². The maximum absolute atomic E-state index is 8.56. The summed E-state index contributed by atoms with van der Waals surface area (Å²) in [7, 11) is 0. The summed E-state index contributed by atoms with van der Waals surface area (Å²) in [4.78, 5) is 8.56. The molecule has 0 radical (unpaired) electrons. The molecule has 0 aliphatic heterocycles. The molecule has 3 heteroatoms. The van der Waals surface area contributed by atoms with Crippen molar-refractivity contribution in [2.75, 3.05) is 0 Å². The Morgan fingerprint density at radius 3 is 2.10 bits per heavy atom. The predicted octanol–water partition coefficient (Wildman–Crippen LogP) is 2.03. The summed E-state index contributed by atoms with van der Waals surface area (Å²) in [5.41, 5.74) is 0. The smallest absolute Gasteiger partial charge is 0.450 e. The number of terminal acetylenes is 1. The van der Waals surface area contributed by atoms with E-state index in [1.165, 1.54) is 12.8 Å². The minimum atomic E-state index is -1.83. The lowest BCUT2D eigenvalue weighted by Crippen LogP contribution is -1.81. The van der Waals surface area contributed by atoms with E-state index < -0.39 is 6.16 Å². The van der Waals surface area contributed by atoms with Crippen molar-refractivity contribution in [3.63, 3.8) is 0 Å². The van der Waals surface area contributed by atoms with E-state index in [0.29, 0.717) is 0 Å². The maximum Gasteiger partial charge on any atom is 0.503 e. The molecule has 0 saturated carbocycles. The first-order valence-electron chi connectivity index (χ1n) is 3.00. The molecular formula is C7H12O3. The van der Waals surface area contributed by atoms with Gasteiger partial charge in [-0.3, -0.25) is 0 Å².